The fraction of sp³-hybridized carbons (Fsp3) is 0.200. The Kier molecular flexibility index (Phi) is 4.26. The molecule has 0 unspecified atom stereocenters. The van der Waals surface area contributed by atoms with E-state index in [9.17, 15) is 14.0 Å². The number of nitrogens with one attached hydrogen (secondary N) is 1. The molecule has 0 spiro atoms. The second kappa shape index (κ2) is 5.69. The molecule has 0 aliphatic heterocycles. The molecule has 0 saturated heterocycles. The number of hydrogen-bond acceptors (Lipinski definition) is 3. The van der Waals surface area contributed by atoms with E-state index < -0.39 is 30.8 Å². The molecule has 0 aliphatic rings. The Balaban J connectivity index is 2.37. The highest BCUT2D eigenvalue weighted by atomic mass is 19.1. The van der Waals surface area contributed by atoms with Crippen molar-refractivity contribution in [2.24, 2.45) is 0 Å². The maximum absolute atomic E-state index is 13.0. The van der Waals surface area contributed by atoms with Crippen LogP contribution in [0.3, 0.4) is 0 Å². The predicted octanol–water partition coefficient (Wildman–Crippen LogP) is 0.405. The topological polar surface area (TPSA) is 75.6 Å². The van der Waals surface area contributed by atoms with E-state index in [1.807, 2.05) is 0 Å². The number of para-hydroxylation sites is 1. The van der Waals surface area contributed by atoms with Gasteiger partial charge in [-0.15, -0.1) is 0 Å². The minimum absolute atomic E-state index is 0.0482. The van der Waals surface area contributed by atoms with E-state index in [0.29, 0.717) is 0 Å². The van der Waals surface area contributed by atoms with E-state index in [2.05, 4.69) is 5.32 Å². The highest BCUT2D eigenvalue weighted by molar-refractivity contribution is 5.82. The molecule has 0 heterocycles. The number of halogens is 1. The van der Waals surface area contributed by atoms with Crippen LogP contribution < -0.4 is 10.1 Å². The SMILES string of the molecule is O=C(O)CNC(=O)COc1ccccc1F. The summed E-state index contributed by atoms with van der Waals surface area (Å²) in [4.78, 5) is 21.1. The molecule has 1 rings (SSSR count). The van der Waals surface area contributed by atoms with Crippen LogP contribution in [0.2, 0.25) is 0 Å². The zero-order chi connectivity index (χ0) is 12.0. The third-order valence-electron chi connectivity index (χ3n) is 1.63. The molecule has 0 atom stereocenters. The van der Waals surface area contributed by atoms with Crippen molar-refractivity contribution in [3.8, 4) is 5.75 Å². The number of carboxylic acid groups (broad SMARTS) is 1. The van der Waals surface area contributed by atoms with Gasteiger partial charge in [0, 0.05) is 0 Å². The molecule has 16 heavy (non-hydrogen) atoms. The van der Waals surface area contributed by atoms with Crippen molar-refractivity contribution in [2.45, 2.75) is 0 Å². The molecule has 1 amide bonds. The molecule has 0 radical (unpaired) electrons. The zero-order valence-electron chi connectivity index (χ0n) is 8.27. The molecule has 86 valence electrons. The van der Waals surface area contributed by atoms with Crippen molar-refractivity contribution < 1.29 is 23.8 Å². The highest BCUT2D eigenvalue weighted by Gasteiger charge is 2.06. The first-order valence-corrected chi connectivity index (χ1v) is 4.45. The van der Waals surface area contributed by atoms with Crippen molar-refractivity contribution in [3.63, 3.8) is 0 Å². The Labute approximate surface area is 90.8 Å². The van der Waals surface area contributed by atoms with Gasteiger partial charge in [0.2, 0.25) is 0 Å². The van der Waals surface area contributed by atoms with Gasteiger partial charge in [0.15, 0.2) is 18.2 Å². The zero-order valence-corrected chi connectivity index (χ0v) is 8.27. The Morgan fingerprint density at radius 1 is 1.38 bits per heavy atom. The van der Waals surface area contributed by atoms with Crippen LogP contribution >= 0.6 is 0 Å². The molecule has 1 aromatic carbocycles. The van der Waals surface area contributed by atoms with Crippen LogP contribution in [-0.2, 0) is 9.59 Å². The minimum Gasteiger partial charge on any atom is -0.481 e. The lowest BCUT2D eigenvalue weighted by Gasteiger charge is -2.06. The van der Waals surface area contributed by atoms with Gasteiger partial charge in [0.05, 0.1) is 0 Å². The van der Waals surface area contributed by atoms with Crippen LogP contribution in [0.1, 0.15) is 0 Å². The molecule has 5 nitrogen and oxygen atoms in total. The summed E-state index contributed by atoms with van der Waals surface area (Å²) in [5, 5.41) is 10.4. The maximum atomic E-state index is 13.0. The number of carbonyl (C=O) groups is 2. The Hall–Kier alpha value is -2.11. The van der Waals surface area contributed by atoms with Gasteiger partial charge in [-0.1, -0.05) is 12.1 Å². The van der Waals surface area contributed by atoms with Gasteiger partial charge in [0.25, 0.3) is 5.91 Å². The molecule has 0 aromatic heterocycles. The summed E-state index contributed by atoms with van der Waals surface area (Å²) in [6.45, 7) is -0.909. The van der Waals surface area contributed by atoms with E-state index in [1.165, 1.54) is 18.2 Å². The summed E-state index contributed by atoms with van der Waals surface area (Å²) in [6, 6.07) is 5.63. The fourth-order valence-corrected chi connectivity index (χ4v) is 0.930. The van der Waals surface area contributed by atoms with Gasteiger partial charge in [-0.25, -0.2) is 4.39 Å². The van der Waals surface area contributed by atoms with Crippen molar-refractivity contribution in [1.82, 2.24) is 5.32 Å². The summed E-state index contributed by atoms with van der Waals surface area (Å²) in [5.74, 6) is -2.40. The first-order valence-electron chi connectivity index (χ1n) is 4.45. The van der Waals surface area contributed by atoms with Crippen LogP contribution in [-0.4, -0.2) is 30.1 Å². The summed E-state index contributed by atoms with van der Waals surface area (Å²) in [5.41, 5.74) is 0. The van der Waals surface area contributed by atoms with E-state index in [-0.39, 0.29) is 5.75 Å². The van der Waals surface area contributed by atoms with Crippen LogP contribution in [0.4, 0.5) is 4.39 Å². The third-order valence-corrected chi connectivity index (χ3v) is 1.63. The Morgan fingerprint density at radius 3 is 2.69 bits per heavy atom. The summed E-state index contributed by atoms with van der Waals surface area (Å²) < 4.78 is 17.9. The van der Waals surface area contributed by atoms with Crippen molar-refractivity contribution in [3.05, 3.63) is 30.1 Å². The number of carbonyl (C=O) groups excluding carboxylic acids is 1. The average Bonchev–Trinajstić information content (AvgIpc) is 2.25. The van der Waals surface area contributed by atoms with Crippen LogP contribution in [0, 0.1) is 5.82 Å². The second-order valence-electron chi connectivity index (χ2n) is 2.89. The molecule has 0 fully saturated rings. The molecule has 0 aliphatic carbocycles. The number of benzene rings is 1. The summed E-state index contributed by atoms with van der Waals surface area (Å²) in [7, 11) is 0. The largest absolute Gasteiger partial charge is 0.481 e. The van der Waals surface area contributed by atoms with Gasteiger partial charge < -0.3 is 15.2 Å². The first kappa shape index (κ1) is 12.0. The molecular formula is C10H10FNO4. The number of ether oxygens (including phenoxy) is 1. The van der Waals surface area contributed by atoms with Crippen molar-refractivity contribution in [2.75, 3.05) is 13.2 Å². The maximum Gasteiger partial charge on any atom is 0.322 e. The lowest BCUT2D eigenvalue weighted by molar-refractivity contribution is -0.138. The predicted molar refractivity (Wildman–Crippen MR) is 52.5 cm³/mol. The lowest BCUT2D eigenvalue weighted by Crippen LogP contribution is -2.33. The van der Waals surface area contributed by atoms with Crippen molar-refractivity contribution in [1.29, 1.82) is 0 Å². The first-order chi connectivity index (χ1) is 7.59. The number of amides is 1. The number of rotatable bonds is 5. The molecule has 1 aromatic rings. The highest BCUT2D eigenvalue weighted by Crippen LogP contribution is 2.14. The van der Waals surface area contributed by atoms with Crippen LogP contribution in [0.15, 0.2) is 24.3 Å². The molecular weight excluding hydrogens is 217 g/mol. The smallest absolute Gasteiger partial charge is 0.322 e. The lowest BCUT2D eigenvalue weighted by atomic mass is 10.3. The van der Waals surface area contributed by atoms with Gasteiger partial charge >= 0.3 is 5.97 Å². The average molecular weight is 227 g/mol. The minimum atomic E-state index is -1.15. The van der Waals surface area contributed by atoms with E-state index in [1.54, 1.807) is 6.07 Å². The van der Waals surface area contributed by atoms with E-state index in [4.69, 9.17) is 9.84 Å². The van der Waals surface area contributed by atoms with E-state index >= 15 is 0 Å². The van der Waals surface area contributed by atoms with Crippen LogP contribution in [0.25, 0.3) is 0 Å². The second-order valence-corrected chi connectivity index (χ2v) is 2.89. The van der Waals surface area contributed by atoms with Gasteiger partial charge in [-0.05, 0) is 12.1 Å². The number of carboxylic acids is 1. The summed E-state index contributed by atoms with van der Waals surface area (Å²) >= 11 is 0. The quantitative estimate of drug-likeness (QED) is 0.763. The Bertz CT molecular complexity index is 394. The molecule has 0 bridgehead atoms. The molecule has 0 saturated carbocycles. The molecule has 6 heteroatoms. The van der Waals surface area contributed by atoms with Crippen LogP contribution in [0.5, 0.6) is 5.75 Å². The summed E-state index contributed by atoms with van der Waals surface area (Å²) in [6.07, 6.45) is 0. The molecule has 2 N–H and O–H groups in total. The van der Waals surface area contributed by atoms with E-state index in [0.717, 1.165) is 0 Å². The standard InChI is InChI=1S/C10H10FNO4/c11-7-3-1-2-4-8(7)16-6-9(13)12-5-10(14)15/h1-4H,5-6H2,(H,12,13)(H,14,15). The normalized spacial score (nSPS) is 9.56. The third kappa shape index (κ3) is 3.95. The monoisotopic (exact) mass is 227 g/mol. The van der Waals surface area contributed by atoms with Crippen molar-refractivity contribution >= 4 is 11.9 Å². The Morgan fingerprint density at radius 2 is 2.06 bits per heavy atom. The van der Waals surface area contributed by atoms with Gasteiger partial charge in [-0.2, -0.15) is 0 Å². The number of hydrogen-bond donors (Lipinski definition) is 2. The number of aliphatic carboxylic acids is 1. The fourth-order valence-electron chi connectivity index (χ4n) is 0.930. The van der Waals surface area contributed by atoms with Gasteiger partial charge in [0.1, 0.15) is 6.54 Å². The van der Waals surface area contributed by atoms with Gasteiger partial charge in [-0.3, -0.25) is 9.59 Å².